The van der Waals surface area contributed by atoms with E-state index in [0.29, 0.717) is 5.92 Å². The van der Waals surface area contributed by atoms with E-state index in [-0.39, 0.29) is 11.6 Å². The van der Waals surface area contributed by atoms with Crippen molar-refractivity contribution in [3.8, 4) is 0 Å². The van der Waals surface area contributed by atoms with E-state index in [0.717, 1.165) is 19.3 Å². The SMILES string of the molecule is CCC(C)(C(O)CCC(C)C)N1CCCCC1. The highest BCUT2D eigenvalue weighted by atomic mass is 16.3. The predicted octanol–water partition coefficient (Wildman–Crippen LogP) is 3.44. The van der Waals surface area contributed by atoms with Gasteiger partial charge in [0.05, 0.1) is 6.10 Å². The molecule has 1 heterocycles. The summed E-state index contributed by atoms with van der Waals surface area (Å²) >= 11 is 0. The van der Waals surface area contributed by atoms with Crippen LogP contribution in [0.4, 0.5) is 0 Å². The Morgan fingerprint density at radius 3 is 2.18 bits per heavy atom. The number of aliphatic hydroxyl groups is 1. The monoisotopic (exact) mass is 241 g/mol. The number of hydrogen-bond acceptors (Lipinski definition) is 2. The highest BCUT2D eigenvalue weighted by Crippen LogP contribution is 2.30. The molecule has 0 saturated carbocycles. The van der Waals surface area contributed by atoms with E-state index < -0.39 is 0 Å². The Balaban J connectivity index is 2.58. The van der Waals surface area contributed by atoms with Crippen LogP contribution in [-0.4, -0.2) is 34.7 Å². The molecule has 1 aliphatic heterocycles. The topological polar surface area (TPSA) is 23.5 Å². The zero-order chi connectivity index (χ0) is 12.9. The molecular formula is C15H31NO. The second-order valence-corrected chi connectivity index (χ2v) is 6.25. The van der Waals surface area contributed by atoms with E-state index in [9.17, 15) is 5.11 Å². The van der Waals surface area contributed by atoms with Crippen LogP contribution in [0.15, 0.2) is 0 Å². The largest absolute Gasteiger partial charge is 0.391 e. The van der Waals surface area contributed by atoms with Crippen LogP contribution in [0.1, 0.15) is 66.2 Å². The van der Waals surface area contributed by atoms with Gasteiger partial charge in [-0.1, -0.05) is 27.2 Å². The zero-order valence-corrected chi connectivity index (χ0v) is 12.2. The second-order valence-electron chi connectivity index (χ2n) is 6.25. The summed E-state index contributed by atoms with van der Waals surface area (Å²) in [4.78, 5) is 2.53. The first-order chi connectivity index (χ1) is 8.00. The fourth-order valence-corrected chi connectivity index (χ4v) is 2.88. The van der Waals surface area contributed by atoms with Crippen molar-refractivity contribution in [2.75, 3.05) is 13.1 Å². The zero-order valence-electron chi connectivity index (χ0n) is 12.2. The first-order valence-electron chi connectivity index (χ1n) is 7.43. The van der Waals surface area contributed by atoms with E-state index in [4.69, 9.17) is 0 Å². The van der Waals surface area contributed by atoms with Crippen molar-refractivity contribution in [3.63, 3.8) is 0 Å². The molecule has 0 radical (unpaired) electrons. The first kappa shape index (κ1) is 15.0. The van der Waals surface area contributed by atoms with Crippen LogP contribution in [0.5, 0.6) is 0 Å². The van der Waals surface area contributed by atoms with Crippen molar-refractivity contribution in [1.29, 1.82) is 0 Å². The molecule has 102 valence electrons. The Hall–Kier alpha value is -0.0800. The van der Waals surface area contributed by atoms with Crippen LogP contribution in [0.25, 0.3) is 0 Å². The molecule has 0 spiro atoms. The molecule has 0 amide bonds. The van der Waals surface area contributed by atoms with Gasteiger partial charge in [-0.2, -0.15) is 0 Å². The van der Waals surface area contributed by atoms with Gasteiger partial charge in [-0.3, -0.25) is 4.90 Å². The van der Waals surface area contributed by atoms with Crippen molar-refractivity contribution in [3.05, 3.63) is 0 Å². The quantitative estimate of drug-likeness (QED) is 0.770. The fourth-order valence-electron chi connectivity index (χ4n) is 2.88. The predicted molar refractivity (Wildman–Crippen MR) is 74.2 cm³/mol. The van der Waals surface area contributed by atoms with Gasteiger partial charge in [0, 0.05) is 5.54 Å². The number of rotatable bonds is 6. The van der Waals surface area contributed by atoms with E-state index >= 15 is 0 Å². The van der Waals surface area contributed by atoms with Crippen molar-refractivity contribution in [2.45, 2.75) is 77.9 Å². The van der Waals surface area contributed by atoms with E-state index in [1.807, 2.05) is 0 Å². The Labute approximate surface area is 107 Å². The number of hydrogen-bond donors (Lipinski definition) is 1. The molecule has 2 unspecified atom stereocenters. The average molecular weight is 241 g/mol. The van der Waals surface area contributed by atoms with Crippen molar-refractivity contribution in [2.24, 2.45) is 5.92 Å². The molecule has 1 rings (SSSR count). The van der Waals surface area contributed by atoms with E-state index in [1.165, 1.54) is 32.4 Å². The molecule has 2 atom stereocenters. The summed E-state index contributed by atoms with van der Waals surface area (Å²) in [6.45, 7) is 11.3. The maximum atomic E-state index is 10.5. The molecule has 1 saturated heterocycles. The minimum absolute atomic E-state index is 0.00465. The lowest BCUT2D eigenvalue weighted by molar-refractivity contribution is -0.0389. The third-order valence-electron chi connectivity index (χ3n) is 4.53. The Bertz CT molecular complexity index is 211. The van der Waals surface area contributed by atoms with Gasteiger partial charge in [-0.25, -0.2) is 0 Å². The van der Waals surface area contributed by atoms with Crippen LogP contribution >= 0.6 is 0 Å². The fraction of sp³-hybridized carbons (Fsp3) is 1.00. The van der Waals surface area contributed by atoms with Gasteiger partial charge in [0.25, 0.3) is 0 Å². The molecule has 0 aromatic carbocycles. The molecule has 2 nitrogen and oxygen atoms in total. The van der Waals surface area contributed by atoms with E-state index in [2.05, 4.69) is 32.6 Å². The van der Waals surface area contributed by atoms with Crippen molar-refractivity contribution >= 4 is 0 Å². The van der Waals surface area contributed by atoms with Gasteiger partial charge in [0.1, 0.15) is 0 Å². The van der Waals surface area contributed by atoms with Crippen LogP contribution < -0.4 is 0 Å². The van der Waals surface area contributed by atoms with Gasteiger partial charge in [-0.15, -0.1) is 0 Å². The van der Waals surface area contributed by atoms with Gasteiger partial charge in [0.2, 0.25) is 0 Å². The molecule has 17 heavy (non-hydrogen) atoms. The van der Waals surface area contributed by atoms with Crippen molar-refractivity contribution in [1.82, 2.24) is 4.90 Å². The average Bonchev–Trinajstić information content (AvgIpc) is 2.35. The van der Waals surface area contributed by atoms with E-state index in [1.54, 1.807) is 0 Å². The molecule has 1 aliphatic rings. The summed E-state index contributed by atoms with van der Waals surface area (Å²) in [6.07, 6.45) is 6.90. The normalized spacial score (nSPS) is 23.6. The Morgan fingerprint density at radius 2 is 1.71 bits per heavy atom. The number of aliphatic hydroxyl groups excluding tert-OH is 1. The van der Waals surface area contributed by atoms with Crippen LogP contribution in [0.2, 0.25) is 0 Å². The third kappa shape index (κ3) is 3.96. The maximum absolute atomic E-state index is 10.5. The summed E-state index contributed by atoms with van der Waals surface area (Å²) in [7, 11) is 0. The lowest BCUT2D eigenvalue weighted by Crippen LogP contribution is -2.55. The minimum atomic E-state index is -0.173. The summed E-state index contributed by atoms with van der Waals surface area (Å²) in [6, 6.07) is 0. The molecule has 0 aromatic heterocycles. The number of piperidine rings is 1. The van der Waals surface area contributed by atoms with Gasteiger partial charge in [0.15, 0.2) is 0 Å². The molecule has 0 aromatic rings. The van der Waals surface area contributed by atoms with Gasteiger partial charge in [-0.05, 0) is 58.0 Å². The van der Waals surface area contributed by atoms with Crippen LogP contribution in [-0.2, 0) is 0 Å². The summed E-state index contributed by atoms with van der Waals surface area (Å²) < 4.78 is 0. The third-order valence-corrected chi connectivity index (χ3v) is 4.53. The second kappa shape index (κ2) is 6.75. The minimum Gasteiger partial charge on any atom is -0.391 e. The van der Waals surface area contributed by atoms with Crippen LogP contribution in [0.3, 0.4) is 0 Å². The molecule has 1 fully saturated rings. The molecule has 0 bridgehead atoms. The standard InChI is InChI=1S/C15H31NO/c1-5-15(4,14(17)10-9-13(2)3)16-11-7-6-8-12-16/h13-14,17H,5-12H2,1-4H3. The molecule has 0 aliphatic carbocycles. The summed E-state index contributed by atoms with van der Waals surface area (Å²) in [5.74, 6) is 0.687. The number of likely N-dealkylation sites (tertiary alicyclic amines) is 1. The first-order valence-corrected chi connectivity index (χ1v) is 7.43. The van der Waals surface area contributed by atoms with Crippen LogP contribution in [0, 0.1) is 5.92 Å². The van der Waals surface area contributed by atoms with Crippen molar-refractivity contribution < 1.29 is 5.11 Å². The molecular weight excluding hydrogens is 210 g/mol. The smallest absolute Gasteiger partial charge is 0.0721 e. The Kier molecular flexibility index (Phi) is 5.94. The highest BCUT2D eigenvalue weighted by molar-refractivity contribution is 4.93. The summed E-state index contributed by atoms with van der Waals surface area (Å²) in [5, 5.41) is 10.5. The molecule has 1 N–H and O–H groups in total. The summed E-state index contributed by atoms with van der Waals surface area (Å²) in [5.41, 5.74) is -0.00465. The lowest BCUT2D eigenvalue weighted by atomic mass is 9.84. The lowest BCUT2D eigenvalue weighted by Gasteiger charge is -2.46. The van der Waals surface area contributed by atoms with Gasteiger partial charge >= 0.3 is 0 Å². The maximum Gasteiger partial charge on any atom is 0.0721 e. The highest BCUT2D eigenvalue weighted by Gasteiger charge is 2.37. The number of nitrogens with zero attached hydrogens (tertiary/aromatic N) is 1. The Morgan fingerprint density at radius 1 is 1.12 bits per heavy atom. The molecule has 2 heteroatoms. The van der Waals surface area contributed by atoms with Gasteiger partial charge < -0.3 is 5.11 Å².